The van der Waals surface area contributed by atoms with Gasteiger partial charge in [0.05, 0.1) is 46.8 Å². The Balaban J connectivity index is 1.42. The Hall–Kier alpha value is -4.48. The predicted octanol–water partition coefficient (Wildman–Crippen LogP) is 5.05. The second kappa shape index (κ2) is 9.43. The maximum Gasteiger partial charge on any atom is 0.416 e. The van der Waals surface area contributed by atoms with E-state index in [1.165, 1.54) is 12.3 Å². The van der Waals surface area contributed by atoms with Crippen LogP contribution in [0.5, 0.6) is 0 Å². The second-order valence-corrected chi connectivity index (χ2v) is 8.96. The zero-order chi connectivity index (χ0) is 27.2. The molecule has 0 aliphatic carbocycles. The van der Waals surface area contributed by atoms with E-state index >= 15 is 0 Å². The summed E-state index contributed by atoms with van der Waals surface area (Å²) in [7, 11) is 0. The van der Waals surface area contributed by atoms with Gasteiger partial charge in [-0.1, -0.05) is 12.1 Å². The first-order chi connectivity index (χ1) is 18.1. The summed E-state index contributed by atoms with van der Waals surface area (Å²) in [5.74, 6) is -0.421. The SMILES string of the molecule is CCn1cc(-c2ccnc3c(C(=O)Nc4c(C)nn(Cc5cccc(C(F)(F)F)c5)c4C)cnn23)c(C)n1. The zero-order valence-electron chi connectivity index (χ0n) is 21.2. The van der Waals surface area contributed by atoms with Crippen molar-refractivity contribution in [2.45, 2.75) is 47.0 Å². The van der Waals surface area contributed by atoms with Crippen LogP contribution in [0.3, 0.4) is 0 Å². The van der Waals surface area contributed by atoms with Gasteiger partial charge in [0.25, 0.3) is 5.91 Å². The number of halogens is 3. The van der Waals surface area contributed by atoms with E-state index in [0.29, 0.717) is 28.3 Å². The first-order valence-corrected chi connectivity index (χ1v) is 12.0. The van der Waals surface area contributed by atoms with Crippen LogP contribution in [-0.2, 0) is 19.3 Å². The minimum atomic E-state index is -4.43. The van der Waals surface area contributed by atoms with E-state index in [-0.39, 0.29) is 12.1 Å². The third-order valence-corrected chi connectivity index (χ3v) is 6.40. The lowest BCUT2D eigenvalue weighted by Gasteiger charge is -2.10. The molecule has 0 radical (unpaired) electrons. The highest BCUT2D eigenvalue weighted by molar-refractivity contribution is 6.08. The Morgan fingerprint density at radius 3 is 2.58 bits per heavy atom. The Labute approximate surface area is 215 Å². The fraction of sp³-hybridized carbons (Fsp3) is 0.269. The van der Waals surface area contributed by atoms with E-state index in [4.69, 9.17) is 0 Å². The van der Waals surface area contributed by atoms with Crippen molar-refractivity contribution in [1.29, 1.82) is 0 Å². The van der Waals surface area contributed by atoms with Gasteiger partial charge >= 0.3 is 6.18 Å². The summed E-state index contributed by atoms with van der Waals surface area (Å²) in [5.41, 5.74) is 4.50. The molecule has 4 heterocycles. The number of aromatic nitrogens is 7. The number of nitrogens with zero attached hydrogens (tertiary/aromatic N) is 7. The Bertz CT molecular complexity index is 1660. The van der Waals surface area contributed by atoms with E-state index < -0.39 is 17.6 Å². The van der Waals surface area contributed by atoms with Gasteiger partial charge in [0.15, 0.2) is 5.65 Å². The average Bonchev–Trinajstić information content (AvgIpc) is 3.55. The first kappa shape index (κ1) is 25.2. The number of anilines is 1. The molecule has 5 rings (SSSR count). The normalized spacial score (nSPS) is 11.9. The van der Waals surface area contributed by atoms with Gasteiger partial charge in [0.1, 0.15) is 5.56 Å². The van der Waals surface area contributed by atoms with Crippen LogP contribution in [0.4, 0.5) is 18.9 Å². The molecule has 0 saturated carbocycles. The molecule has 0 saturated heterocycles. The molecule has 0 spiro atoms. The van der Waals surface area contributed by atoms with Crippen molar-refractivity contribution in [3.05, 3.63) is 82.7 Å². The van der Waals surface area contributed by atoms with E-state index in [2.05, 4.69) is 25.6 Å². The van der Waals surface area contributed by atoms with Gasteiger partial charge in [0, 0.05) is 24.5 Å². The van der Waals surface area contributed by atoms with E-state index in [0.717, 1.165) is 35.6 Å². The van der Waals surface area contributed by atoms with Gasteiger partial charge in [-0.3, -0.25) is 14.2 Å². The van der Waals surface area contributed by atoms with Crippen LogP contribution in [0, 0.1) is 20.8 Å². The number of hydrogen-bond donors (Lipinski definition) is 1. The summed E-state index contributed by atoms with van der Waals surface area (Å²) in [6.45, 7) is 8.24. The summed E-state index contributed by atoms with van der Waals surface area (Å²) in [4.78, 5) is 17.7. The predicted molar refractivity (Wildman–Crippen MR) is 135 cm³/mol. The van der Waals surface area contributed by atoms with Gasteiger partial charge < -0.3 is 5.32 Å². The minimum absolute atomic E-state index is 0.124. The van der Waals surface area contributed by atoms with Gasteiger partial charge in [-0.2, -0.15) is 28.5 Å². The van der Waals surface area contributed by atoms with Crippen molar-refractivity contribution < 1.29 is 18.0 Å². The molecule has 12 heteroatoms. The van der Waals surface area contributed by atoms with Crippen LogP contribution in [0.1, 0.15) is 45.5 Å². The lowest BCUT2D eigenvalue weighted by molar-refractivity contribution is -0.137. The summed E-state index contributed by atoms with van der Waals surface area (Å²) in [6, 6.07) is 6.93. The minimum Gasteiger partial charge on any atom is -0.319 e. The highest BCUT2D eigenvalue weighted by Crippen LogP contribution is 2.30. The third-order valence-electron chi connectivity index (χ3n) is 6.40. The molecule has 0 aliphatic rings. The number of rotatable bonds is 6. The average molecular weight is 523 g/mol. The number of carbonyl (C=O) groups is 1. The Morgan fingerprint density at radius 1 is 1.08 bits per heavy atom. The van der Waals surface area contributed by atoms with Gasteiger partial charge in [-0.05, 0) is 51.5 Å². The number of benzene rings is 1. The molecule has 1 aromatic carbocycles. The molecule has 4 aromatic heterocycles. The van der Waals surface area contributed by atoms with Crippen LogP contribution in [0.15, 0.2) is 48.9 Å². The third kappa shape index (κ3) is 4.53. The van der Waals surface area contributed by atoms with Crippen LogP contribution in [-0.4, -0.2) is 40.1 Å². The lowest BCUT2D eigenvalue weighted by atomic mass is 10.1. The van der Waals surface area contributed by atoms with Crippen LogP contribution >= 0.6 is 0 Å². The van der Waals surface area contributed by atoms with Gasteiger partial charge in [-0.15, -0.1) is 0 Å². The maximum absolute atomic E-state index is 13.3. The number of alkyl halides is 3. The van der Waals surface area contributed by atoms with E-state index in [9.17, 15) is 18.0 Å². The molecule has 1 N–H and O–H groups in total. The van der Waals surface area contributed by atoms with Crippen molar-refractivity contribution in [3.63, 3.8) is 0 Å². The number of hydrogen-bond acceptors (Lipinski definition) is 5. The fourth-order valence-electron chi connectivity index (χ4n) is 4.42. The highest BCUT2D eigenvalue weighted by Gasteiger charge is 2.30. The van der Waals surface area contributed by atoms with Crippen LogP contribution in [0.2, 0.25) is 0 Å². The number of carbonyl (C=O) groups excluding carboxylic acids is 1. The van der Waals surface area contributed by atoms with Crippen molar-refractivity contribution in [3.8, 4) is 11.3 Å². The van der Waals surface area contributed by atoms with Gasteiger partial charge in [-0.25, -0.2) is 9.50 Å². The highest BCUT2D eigenvalue weighted by atomic mass is 19.4. The van der Waals surface area contributed by atoms with Crippen LogP contribution in [0.25, 0.3) is 16.9 Å². The van der Waals surface area contributed by atoms with E-state index in [1.54, 1.807) is 35.3 Å². The van der Waals surface area contributed by atoms with Gasteiger partial charge in [0.2, 0.25) is 0 Å². The number of fused-ring (bicyclic) bond motifs is 1. The summed E-state index contributed by atoms with van der Waals surface area (Å²) in [5, 5.41) is 16.2. The van der Waals surface area contributed by atoms with Crippen LogP contribution < -0.4 is 5.32 Å². The summed E-state index contributed by atoms with van der Waals surface area (Å²) in [6.07, 6.45) is 0.576. The smallest absolute Gasteiger partial charge is 0.319 e. The monoisotopic (exact) mass is 522 g/mol. The van der Waals surface area contributed by atoms with Crippen molar-refractivity contribution in [2.75, 3.05) is 5.32 Å². The molecule has 0 bridgehead atoms. The standard InChI is InChI=1S/C26H25F3N8O/c1-5-35-14-21(15(2)33-35)22-9-10-30-24-20(12-31-37(22)24)25(38)32-23-16(3)34-36(17(23)4)13-18-7-6-8-19(11-18)26(27,28)29/h6-12,14H,5,13H2,1-4H3,(H,32,38). The molecule has 0 unspecified atom stereocenters. The Kier molecular flexibility index (Phi) is 6.25. The molecule has 1 amide bonds. The van der Waals surface area contributed by atoms with Crippen molar-refractivity contribution in [1.82, 2.24) is 34.2 Å². The van der Waals surface area contributed by atoms with E-state index in [1.807, 2.05) is 30.8 Å². The topological polar surface area (TPSA) is 94.9 Å². The quantitative estimate of drug-likeness (QED) is 0.337. The molecule has 9 nitrogen and oxygen atoms in total. The Morgan fingerprint density at radius 2 is 1.87 bits per heavy atom. The number of aryl methyl sites for hydroxylation is 3. The second-order valence-electron chi connectivity index (χ2n) is 8.96. The van der Waals surface area contributed by atoms with Crippen molar-refractivity contribution >= 4 is 17.2 Å². The lowest BCUT2D eigenvalue weighted by Crippen LogP contribution is -2.14. The molecular formula is C26H25F3N8O. The molecule has 0 aliphatic heterocycles. The number of nitrogens with one attached hydrogen (secondary N) is 1. The molecular weight excluding hydrogens is 497 g/mol. The maximum atomic E-state index is 13.3. The molecule has 0 atom stereocenters. The molecule has 196 valence electrons. The molecule has 5 aromatic rings. The summed E-state index contributed by atoms with van der Waals surface area (Å²) >= 11 is 0. The zero-order valence-corrected chi connectivity index (χ0v) is 21.2. The molecule has 38 heavy (non-hydrogen) atoms. The molecule has 0 fully saturated rings. The first-order valence-electron chi connectivity index (χ1n) is 12.0. The largest absolute Gasteiger partial charge is 0.416 e. The summed E-state index contributed by atoms with van der Waals surface area (Å²) < 4.78 is 44.4. The number of amides is 1. The van der Waals surface area contributed by atoms with Crippen molar-refractivity contribution in [2.24, 2.45) is 0 Å². The fourth-order valence-corrected chi connectivity index (χ4v) is 4.42.